The molecule has 1 unspecified atom stereocenters. The molecule has 0 aliphatic carbocycles. The van der Waals surface area contributed by atoms with Gasteiger partial charge < -0.3 is 15.2 Å². The molecule has 3 aromatic rings. The Bertz CT molecular complexity index is 932. The SMILES string of the molecule is CCCCNC(=NCc1nnc(C)n1C)NC(C)c1cccc(-n2cccn2)c1.I. The molecule has 0 spiro atoms. The molecule has 2 N–H and O–H groups in total. The van der Waals surface area contributed by atoms with E-state index in [0.29, 0.717) is 6.54 Å². The Balaban J connectivity index is 0.00000320. The first-order chi connectivity index (χ1) is 14.1. The fourth-order valence-electron chi connectivity index (χ4n) is 2.92. The second-order valence-electron chi connectivity index (χ2n) is 7.08. The monoisotopic (exact) mass is 522 g/mol. The molecular weight excluding hydrogens is 491 g/mol. The van der Waals surface area contributed by atoms with Crippen molar-refractivity contribution in [2.75, 3.05) is 6.54 Å². The standard InChI is InChI=1S/C21H30N8.HI/c1-5-6-11-22-21(23-15-20-27-26-17(3)28(20)4)25-16(2)18-9-7-10-19(14-18)29-13-8-12-24-29;/h7-10,12-14,16H,5-6,11,15H2,1-4H3,(H2,22,23,25);1H. The molecule has 0 radical (unpaired) electrons. The lowest BCUT2D eigenvalue weighted by Crippen LogP contribution is -2.39. The maximum absolute atomic E-state index is 4.73. The van der Waals surface area contributed by atoms with Crippen molar-refractivity contribution in [1.29, 1.82) is 0 Å². The summed E-state index contributed by atoms with van der Waals surface area (Å²) in [4.78, 5) is 4.73. The van der Waals surface area contributed by atoms with Gasteiger partial charge in [0.05, 0.1) is 11.7 Å². The number of guanidine groups is 1. The van der Waals surface area contributed by atoms with Crippen LogP contribution in [0.1, 0.15) is 49.9 Å². The minimum absolute atomic E-state index is 0. The molecule has 162 valence electrons. The van der Waals surface area contributed by atoms with Crippen LogP contribution in [0.4, 0.5) is 0 Å². The van der Waals surface area contributed by atoms with Crippen molar-refractivity contribution in [1.82, 2.24) is 35.2 Å². The van der Waals surface area contributed by atoms with Crippen LogP contribution in [0.3, 0.4) is 0 Å². The highest BCUT2D eigenvalue weighted by atomic mass is 127. The van der Waals surface area contributed by atoms with Gasteiger partial charge in [0.2, 0.25) is 0 Å². The zero-order valence-corrected chi connectivity index (χ0v) is 20.4. The molecule has 0 aliphatic heterocycles. The first kappa shape index (κ1) is 23.8. The van der Waals surface area contributed by atoms with Crippen molar-refractivity contribution in [3.63, 3.8) is 0 Å². The second-order valence-corrected chi connectivity index (χ2v) is 7.08. The van der Waals surface area contributed by atoms with E-state index in [1.54, 1.807) is 6.20 Å². The van der Waals surface area contributed by atoms with Crippen LogP contribution < -0.4 is 10.6 Å². The van der Waals surface area contributed by atoms with E-state index in [2.05, 4.69) is 51.9 Å². The molecule has 0 amide bonds. The quantitative estimate of drug-likeness (QED) is 0.205. The highest BCUT2D eigenvalue weighted by Gasteiger charge is 2.11. The van der Waals surface area contributed by atoms with Gasteiger partial charge in [0.1, 0.15) is 12.4 Å². The van der Waals surface area contributed by atoms with Crippen LogP contribution in [-0.2, 0) is 13.6 Å². The van der Waals surface area contributed by atoms with Crippen molar-refractivity contribution in [2.24, 2.45) is 12.0 Å². The van der Waals surface area contributed by atoms with Gasteiger partial charge in [-0.3, -0.25) is 0 Å². The zero-order chi connectivity index (χ0) is 20.6. The fraction of sp³-hybridized carbons (Fsp3) is 0.429. The first-order valence-corrected chi connectivity index (χ1v) is 10.1. The number of hydrogen-bond donors (Lipinski definition) is 2. The summed E-state index contributed by atoms with van der Waals surface area (Å²) in [6, 6.07) is 10.4. The molecule has 3 rings (SSSR count). The number of benzene rings is 1. The Labute approximate surface area is 195 Å². The average molecular weight is 522 g/mol. The van der Waals surface area contributed by atoms with E-state index in [1.807, 2.05) is 47.6 Å². The van der Waals surface area contributed by atoms with Crippen molar-refractivity contribution in [3.8, 4) is 5.69 Å². The molecule has 0 aliphatic rings. The molecule has 0 saturated carbocycles. The fourth-order valence-corrected chi connectivity index (χ4v) is 2.92. The van der Waals surface area contributed by atoms with Crippen molar-refractivity contribution >= 4 is 29.9 Å². The van der Waals surface area contributed by atoms with Crippen LogP contribution in [0.15, 0.2) is 47.7 Å². The van der Waals surface area contributed by atoms with Gasteiger partial charge in [0.25, 0.3) is 0 Å². The minimum atomic E-state index is 0. The maximum atomic E-state index is 4.73. The van der Waals surface area contributed by atoms with Gasteiger partial charge in [0.15, 0.2) is 11.8 Å². The van der Waals surface area contributed by atoms with E-state index in [4.69, 9.17) is 4.99 Å². The van der Waals surface area contributed by atoms with Gasteiger partial charge in [0, 0.05) is 26.0 Å². The molecule has 0 fully saturated rings. The number of rotatable bonds is 8. The predicted octanol–water partition coefficient (Wildman–Crippen LogP) is 3.52. The number of nitrogens with one attached hydrogen (secondary N) is 2. The number of halogens is 1. The third-order valence-electron chi connectivity index (χ3n) is 4.88. The Hall–Kier alpha value is -2.43. The molecule has 2 aromatic heterocycles. The smallest absolute Gasteiger partial charge is 0.192 e. The number of aromatic nitrogens is 5. The van der Waals surface area contributed by atoms with Crippen LogP contribution in [0, 0.1) is 6.92 Å². The van der Waals surface area contributed by atoms with Crippen molar-refractivity contribution in [2.45, 2.75) is 46.2 Å². The number of hydrogen-bond acceptors (Lipinski definition) is 4. The lowest BCUT2D eigenvalue weighted by atomic mass is 10.1. The van der Waals surface area contributed by atoms with Gasteiger partial charge in [-0.2, -0.15) is 5.10 Å². The van der Waals surface area contributed by atoms with Crippen LogP contribution in [-0.4, -0.2) is 37.0 Å². The van der Waals surface area contributed by atoms with E-state index in [0.717, 1.165) is 48.2 Å². The van der Waals surface area contributed by atoms with E-state index >= 15 is 0 Å². The lowest BCUT2D eigenvalue weighted by Gasteiger charge is -2.19. The molecular formula is C21H31IN8. The summed E-state index contributed by atoms with van der Waals surface area (Å²) < 4.78 is 3.82. The molecule has 2 heterocycles. The summed E-state index contributed by atoms with van der Waals surface area (Å²) >= 11 is 0. The minimum Gasteiger partial charge on any atom is -0.356 e. The van der Waals surface area contributed by atoms with Crippen LogP contribution in [0.2, 0.25) is 0 Å². The van der Waals surface area contributed by atoms with Crippen LogP contribution in [0.5, 0.6) is 0 Å². The van der Waals surface area contributed by atoms with E-state index in [9.17, 15) is 0 Å². The van der Waals surface area contributed by atoms with Crippen LogP contribution >= 0.6 is 24.0 Å². The first-order valence-electron chi connectivity index (χ1n) is 10.1. The van der Waals surface area contributed by atoms with Crippen LogP contribution in [0.25, 0.3) is 5.69 Å². The van der Waals surface area contributed by atoms with E-state index < -0.39 is 0 Å². The number of aryl methyl sites for hydroxylation is 1. The molecule has 0 saturated heterocycles. The zero-order valence-electron chi connectivity index (χ0n) is 18.0. The molecule has 1 atom stereocenters. The molecule has 9 heteroatoms. The summed E-state index contributed by atoms with van der Waals surface area (Å²) in [5, 5.41) is 19.6. The Morgan fingerprint density at radius 1 is 1.23 bits per heavy atom. The Morgan fingerprint density at radius 2 is 2.07 bits per heavy atom. The average Bonchev–Trinajstić information content (AvgIpc) is 3.38. The normalized spacial score (nSPS) is 12.3. The second kappa shape index (κ2) is 11.7. The maximum Gasteiger partial charge on any atom is 0.192 e. The molecule has 1 aromatic carbocycles. The number of aliphatic imine (C=N–C) groups is 1. The largest absolute Gasteiger partial charge is 0.356 e. The number of unbranched alkanes of at least 4 members (excludes halogenated alkanes) is 1. The van der Waals surface area contributed by atoms with Crippen molar-refractivity contribution < 1.29 is 0 Å². The molecule has 30 heavy (non-hydrogen) atoms. The number of nitrogens with zero attached hydrogens (tertiary/aromatic N) is 6. The van der Waals surface area contributed by atoms with Gasteiger partial charge in [-0.05, 0) is 44.0 Å². The summed E-state index contributed by atoms with van der Waals surface area (Å²) in [5.41, 5.74) is 2.20. The predicted molar refractivity (Wildman–Crippen MR) is 130 cm³/mol. The summed E-state index contributed by atoms with van der Waals surface area (Å²) in [5.74, 6) is 2.50. The van der Waals surface area contributed by atoms with Gasteiger partial charge in [-0.25, -0.2) is 9.67 Å². The highest BCUT2D eigenvalue weighted by Crippen LogP contribution is 2.16. The summed E-state index contributed by atoms with van der Waals surface area (Å²) in [6.45, 7) is 7.59. The third kappa shape index (κ3) is 6.28. The lowest BCUT2D eigenvalue weighted by molar-refractivity contribution is 0.662. The summed E-state index contributed by atoms with van der Waals surface area (Å²) in [7, 11) is 1.96. The van der Waals surface area contributed by atoms with Gasteiger partial charge in [-0.15, -0.1) is 34.2 Å². The van der Waals surface area contributed by atoms with Gasteiger partial charge >= 0.3 is 0 Å². The summed E-state index contributed by atoms with van der Waals surface area (Å²) in [6.07, 6.45) is 5.95. The highest BCUT2D eigenvalue weighted by molar-refractivity contribution is 14.0. The molecule has 8 nitrogen and oxygen atoms in total. The third-order valence-corrected chi connectivity index (χ3v) is 4.88. The van der Waals surface area contributed by atoms with E-state index in [1.165, 1.54) is 0 Å². The Kier molecular flexibility index (Phi) is 9.28. The molecule has 0 bridgehead atoms. The van der Waals surface area contributed by atoms with E-state index in [-0.39, 0.29) is 30.0 Å². The Morgan fingerprint density at radius 3 is 2.73 bits per heavy atom. The topological polar surface area (TPSA) is 85.0 Å². The van der Waals surface area contributed by atoms with Gasteiger partial charge in [-0.1, -0.05) is 25.5 Å². The van der Waals surface area contributed by atoms with Crippen molar-refractivity contribution in [3.05, 3.63) is 59.9 Å².